The van der Waals surface area contributed by atoms with Gasteiger partial charge in [0.1, 0.15) is 5.82 Å². The highest BCUT2D eigenvalue weighted by atomic mass is 19.1. The third kappa shape index (κ3) is 4.18. The Kier molecular flexibility index (Phi) is 5.16. The first-order valence-corrected chi connectivity index (χ1v) is 7.01. The minimum Gasteiger partial charge on any atom is -0.380 e. The predicted octanol–water partition coefficient (Wildman–Crippen LogP) is 2.55. The predicted molar refractivity (Wildman–Crippen MR) is 76.0 cm³/mol. The molecular formula is C15H23FN2O. The average molecular weight is 266 g/mol. The van der Waals surface area contributed by atoms with E-state index in [1.807, 2.05) is 6.07 Å². The molecule has 0 amide bonds. The van der Waals surface area contributed by atoms with Gasteiger partial charge in [0.15, 0.2) is 0 Å². The minimum absolute atomic E-state index is 0.171. The standard InChI is InChI=1S/C15H23FN2O/c1-12(2)17-11-13-10-14(16)4-5-15(13)18-6-3-8-19-9-7-18/h4-5,10,12,17H,3,6-9,11H2,1-2H3. The molecule has 0 atom stereocenters. The second-order valence-corrected chi connectivity index (χ2v) is 5.26. The van der Waals surface area contributed by atoms with Gasteiger partial charge >= 0.3 is 0 Å². The molecule has 1 heterocycles. The number of halogens is 1. The van der Waals surface area contributed by atoms with E-state index in [9.17, 15) is 4.39 Å². The zero-order valence-electron chi connectivity index (χ0n) is 11.8. The largest absolute Gasteiger partial charge is 0.380 e. The quantitative estimate of drug-likeness (QED) is 0.906. The molecule has 0 unspecified atom stereocenters. The first-order valence-electron chi connectivity index (χ1n) is 7.01. The fraction of sp³-hybridized carbons (Fsp3) is 0.600. The molecule has 1 saturated heterocycles. The highest BCUT2D eigenvalue weighted by molar-refractivity contribution is 5.54. The lowest BCUT2D eigenvalue weighted by Gasteiger charge is -2.25. The summed E-state index contributed by atoms with van der Waals surface area (Å²) < 4.78 is 18.9. The van der Waals surface area contributed by atoms with E-state index in [1.165, 1.54) is 0 Å². The molecule has 0 bridgehead atoms. The smallest absolute Gasteiger partial charge is 0.123 e. The SMILES string of the molecule is CC(C)NCc1cc(F)ccc1N1CCCOCC1. The van der Waals surface area contributed by atoms with E-state index in [0.29, 0.717) is 12.6 Å². The van der Waals surface area contributed by atoms with Crippen molar-refractivity contribution in [2.75, 3.05) is 31.2 Å². The summed E-state index contributed by atoms with van der Waals surface area (Å²) in [4.78, 5) is 2.30. The molecule has 0 spiro atoms. The van der Waals surface area contributed by atoms with Crippen LogP contribution in [0.4, 0.5) is 10.1 Å². The number of anilines is 1. The van der Waals surface area contributed by atoms with Crippen LogP contribution in [0, 0.1) is 5.82 Å². The van der Waals surface area contributed by atoms with Crippen LogP contribution in [0.2, 0.25) is 0 Å². The third-order valence-electron chi connectivity index (χ3n) is 3.31. The van der Waals surface area contributed by atoms with Gasteiger partial charge in [-0.05, 0) is 30.2 Å². The zero-order valence-corrected chi connectivity index (χ0v) is 11.8. The monoisotopic (exact) mass is 266 g/mol. The molecule has 19 heavy (non-hydrogen) atoms. The van der Waals surface area contributed by atoms with E-state index >= 15 is 0 Å². The Morgan fingerprint density at radius 2 is 2.16 bits per heavy atom. The number of hydrogen-bond donors (Lipinski definition) is 1. The van der Waals surface area contributed by atoms with Crippen LogP contribution >= 0.6 is 0 Å². The molecule has 1 aliphatic heterocycles. The van der Waals surface area contributed by atoms with Crippen LogP contribution < -0.4 is 10.2 Å². The number of ether oxygens (including phenoxy) is 1. The van der Waals surface area contributed by atoms with Crippen molar-refractivity contribution in [3.63, 3.8) is 0 Å². The summed E-state index contributed by atoms with van der Waals surface area (Å²) in [5, 5.41) is 3.36. The van der Waals surface area contributed by atoms with Crippen molar-refractivity contribution in [2.24, 2.45) is 0 Å². The normalized spacial score (nSPS) is 16.7. The van der Waals surface area contributed by atoms with Crippen LogP contribution in [0.25, 0.3) is 0 Å². The molecular weight excluding hydrogens is 243 g/mol. The molecule has 3 nitrogen and oxygen atoms in total. The van der Waals surface area contributed by atoms with Gasteiger partial charge in [0.2, 0.25) is 0 Å². The molecule has 0 radical (unpaired) electrons. The Hall–Kier alpha value is -1.13. The number of nitrogens with zero attached hydrogens (tertiary/aromatic N) is 1. The summed E-state index contributed by atoms with van der Waals surface area (Å²) in [6, 6.07) is 5.46. The average Bonchev–Trinajstić information content (AvgIpc) is 2.65. The number of hydrogen-bond acceptors (Lipinski definition) is 3. The first-order chi connectivity index (χ1) is 9.16. The van der Waals surface area contributed by atoms with E-state index in [-0.39, 0.29) is 5.82 Å². The second-order valence-electron chi connectivity index (χ2n) is 5.26. The Morgan fingerprint density at radius 3 is 2.95 bits per heavy atom. The van der Waals surface area contributed by atoms with Crippen molar-refractivity contribution in [2.45, 2.75) is 32.9 Å². The lowest BCUT2D eigenvalue weighted by molar-refractivity contribution is 0.152. The topological polar surface area (TPSA) is 24.5 Å². The molecule has 1 aromatic rings. The van der Waals surface area contributed by atoms with Gasteiger partial charge < -0.3 is 15.0 Å². The van der Waals surface area contributed by atoms with Gasteiger partial charge in [0, 0.05) is 38.0 Å². The van der Waals surface area contributed by atoms with E-state index in [4.69, 9.17) is 4.74 Å². The minimum atomic E-state index is -0.171. The zero-order chi connectivity index (χ0) is 13.7. The molecule has 4 heteroatoms. The summed E-state index contributed by atoms with van der Waals surface area (Å²) in [5.41, 5.74) is 2.15. The summed E-state index contributed by atoms with van der Waals surface area (Å²) in [6.45, 7) is 8.30. The van der Waals surface area contributed by atoms with Crippen LogP contribution in [-0.4, -0.2) is 32.3 Å². The van der Waals surface area contributed by atoms with Crippen molar-refractivity contribution in [1.29, 1.82) is 0 Å². The molecule has 1 aliphatic rings. The van der Waals surface area contributed by atoms with Crippen LogP contribution in [0.5, 0.6) is 0 Å². The third-order valence-corrected chi connectivity index (χ3v) is 3.31. The van der Waals surface area contributed by atoms with Crippen molar-refractivity contribution >= 4 is 5.69 Å². The van der Waals surface area contributed by atoms with E-state index in [0.717, 1.165) is 44.0 Å². The van der Waals surface area contributed by atoms with Gasteiger partial charge in [-0.2, -0.15) is 0 Å². The Labute approximate surface area is 114 Å². The van der Waals surface area contributed by atoms with E-state index in [2.05, 4.69) is 24.1 Å². The van der Waals surface area contributed by atoms with Gasteiger partial charge in [0.25, 0.3) is 0 Å². The first kappa shape index (κ1) is 14.3. The van der Waals surface area contributed by atoms with Gasteiger partial charge in [-0.1, -0.05) is 13.8 Å². The molecule has 2 rings (SSSR count). The van der Waals surface area contributed by atoms with Crippen molar-refractivity contribution in [3.05, 3.63) is 29.6 Å². The fourth-order valence-corrected chi connectivity index (χ4v) is 2.31. The van der Waals surface area contributed by atoms with Crippen LogP contribution in [-0.2, 0) is 11.3 Å². The van der Waals surface area contributed by atoms with Crippen molar-refractivity contribution in [3.8, 4) is 0 Å². The lowest BCUT2D eigenvalue weighted by Crippen LogP contribution is -2.29. The highest BCUT2D eigenvalue weighted by Crippen LogP contribution is 2.23. The molecule has 106 valence electrons. The van der Waals surface area contributed by atoms with Gasteiger partial charge in [-0.3, -0.25) is 0 Å². The van der Waals surface area contributed by atoms with Crippen molar-refractivity contribution < 1.29 is 9.13 Å². The lowest BCUT2D eigenvalue weighted by atomic mass is 10.1. The summed E-state index contributed by atoms with van der Waals surface area (Å²) in [5.74, 6) is -0.171. The van der Waals surface area contributed by atoms with Crippen LogP contribution in [0.3, 0.4) is 0 Å². The molecule has 1 aromatic carbocycles. The number of benzene rings is 1. The van der Waals surface area contributed by atoms with Crippen LogP contribution in [0.15, 0.2) is 18.2 Å². The molecule has 0 saturated carbocycles. The fourth-order valence-electron chi connectivity index (χ4n) is 2.31. The molecule has 1 N–H and O–H groups in total. The number of rotatable bonds is 4. The van der Waals surface area contributed by atoms with Gasteiger partial charge in [0.05, 0.1) is 6.61 Å². The Balaban J connectivity index is 2.17. The maximum Gasteiger partial charge on any atom is 0.123 e. The second kappa shape index (κ2) is 6.87. The Bertz CT molecular complexity index is 401. The summed E-state index contributed by atoms with van der Waals surface area (Å²) >= 11 is 0. The van der Waals surface area contributed by atoms with Gasteiger partial charge in [-0.25, -0.2) is 4.39 Å². The van der Waals surface area contributed by atoms with Crippen LogP contribution in [0.1, 0.15) is 25.8 Å². The molecule has 0 aromatic heterocycles. The number of nitrogens with one attached hydrogen (secondary N) is 1. The highest BCUT2D eigenvalue weighted by Gasteiger charge is 2.14. The molecule has 0 aliphatic carbocycles. The Morgan fingerprint density at radius 1 is 1.32 bits per heavy atom. The van der Waals surface area contributed by atoms with Gasteiger partial charge in [-0.15, -0.1) is 0 Å². The maximum atomic E-state index is 13.4. The van der Waals surface area contributed by atoms with E-state index < -0.39 is 0 Å². The summed E-state index contributed by atoms with van der Waals surface area (Å²) in [6.07, 6.45) is 1.02. The maximum absolute atomic E-state index is 13.4. The van der Waals surface area contributed by atoms with Crippen molar-refractivity contribution in [1.82, 2.24) is 5.32 Å². The van der Waals surface area contributed by atoms with E-state index in [1.54, 1.807) is 12.1 Å². The summed E-state index contributed by atoms with van der Waals surface area (Å²) in [7, 11) is 0. The molecule has 1 fully saturated rings.